The van der Waals surface area contributed by atoms with E-state index in [1.165, 1.54) is 0 Å². The van der Waals surface area contributed by atoms with Crippen LogP contribution in [0.4, 0.5) is 0 Å². The van der Waals surface area contributed by atoms with E-state index in [2.05, 4.69) is 5.32 Å². The third-order valence-corrected chi connectivity index (χ3v) is 2.24. The molecule has 5 nitrogen and oxygen atoms in total. The van der Waals surface area contributed by atoms with E-state index in [9.17, 15) is 4.79 Å². The summed E-state index contributed by atoms with van der Waals surface area (Å²) in [6.07, 6.45) is -0.148. The molecule has 0 saturated carbocycles. The Labute approximate surface area is 90.4 Å². The van der Waals surface area contributed by atoms with E-state index in [4.69, 9.17) is 9.84 Å². The van der Waals surface area contributed by atoms with Crippen molar-refractivity contribution in [3.63, 3.8) is 0 Å². The minimum atomic E-state index is -0.148. The van der Waals surface area contributed by atoms with Crippen molar-refractivity contribution < 1.29 is 14.6 Å². The lowest BCUT2D eigenvalue weighted by atomic mass is 10.3. The summed E-state index contributed by atoms with van der Waals surface area (Å²) in [4.78, 5) is 13.5. The quantitative estimate of drug-likeness (QED) is 0.646. The van der Waals surface area contributed by atoms with Gasteiger partial charge in [-0.1, -0.05) is 0 Å². The van der Waals surface area contributed by atoms with Crippen molar-refractivity contribution in [1.29, 1.82) is 0 Å². The molecule has 5 heteroatoms. The molecule has 15 heavy (non-hydrogen) atoms. The standard InChI is InChI=1S/C10H20N2O3/c1-8(2)11-10(14)6-12-3-4-15-9(5-12)7-13/h8-9,13H,3-7H2,1-2H3,(H,11,14). The van der Waals surface area contributed by atoms with E-state index in [0.29, 0.717) is 19.7 Å². The summed E-state index contributed by atoms with van der Waals surface area (Å²) in [6.45, 7) is 6.24. The summed E-state index contributed by atoms with van der Waals surface area (Å²) in [5.41, 5.74) is 0. The van der Waals surface area contributed by atoms with Crippen molar-refractivity contribution in [1.82, 2.24) is 10.2 Å². The smallest absolute Gasteiger partial charge is 0.234 e. The molecule has 1 aliphatic rings. The molecule has 0 spiro atoms. The highest BCUT2D eigenvalue weighted by Gasteiger charge is 2.21. The van der Waals surface area contributed by atoms with Crippen molar-refractivity contribution >= 4 is 5.91 Å². The fraction of sp³-hybridized carbons (Fsp3) is 0.900. The molecule has 1 saturated heterocycles. The second-order valence-electron chi connectivity index (χ2n) is 4.13. The number of morpholine rings is 1. The Kier molecular flexibility index (Phi) is 5.01. The minimum Gasteiger partial charge on any atom is -0.394 e. The number of rotatable bonds is 4. The summed E-state index contributed by atoms with van der Waals surface area (Å²) in [7, 11) is 0. The number of aliphatic hydroxyl groups excluding tert-OH is 1. The maximum atomic E-state index is 11.5. The Bertz CT molecular complexity index is 209. The van der Waals surface area contributed by atoms with Crippen molar-refractivity contribution in [2.75, 3.05) is 32.8 Å². The first kappa shape index (κ1) is 12.4. The molecule has 88 valence electrons. The van der Waals surface area contributed by atoms with E-state index >= 15 is 0 Å². The largest absolute Gasteiger partial charge is 0.394 e. The maximum absolute atomic E-state index is 11.5. The third kappa shape index (κ3) is 4.59. The monoisotopic (exact) mass is 216 g/mol. The molecule has 1 heterocycles. The van der Waals surface area contributed by atoms with Crippen LogP contribution < -0.4 is 5.32 Å². The molecule has 0 aromatic rings. The van der Waals surface area contributed by atoms with Crippen molar-refractivity contribution in [3.8, 4) is 0 Å². The minimum absolute atomic E-state index is 0.0162. The summed E-state index contributed by atoms with van der Waals surface area (Å²) < 4.78 is 5.30. The van der Waals surface area contributed by atoms with E-state index in [-0.39, 0.29) is 24.7 Å². The summed E-state index contributed by atoms with van der Waals surface area (Å²) in [5.74, 6) is 0.0311. The molecule has 1 aliphatic heterocycles. The van der Waals surface area contributed by atoms with Crippen LogP contribution in [0.5, 0.6) is 0 Å². The van der Waals surface area contributed by atoms with Gasteiger partial charge in [0.2, 0.25) is 5.91 Å². The van der Waals surface area contributed by atoms with Crippen LogP contribution in [0.2, 0.25) is 0 Å². The first-order chi connectivity index (χ1) is 7.11. The van der Waals surface area contributed by atoms with Crippen LogP contribution in [0.3, 0.4) is 0 Å². The predicted molar refractivity (Wildman–Crippen MR) is 56.5 cm³/mol. The number of nitrogens with one attached hydrogen (secondary N) is 1. The zero-order valence-electron chi connectivity index (χ0n) is 9.40. The summed E-state index contributed by atoms with van der Waals surface area (Å²) in [6, 6.07) is 0.173. The lowest BCUT2D eigenvalue weighted by Gasteiger charge is -2.31. The number of hydrogen-bond acceptors (Lipinski definition) is 4. The summed E-state index contributed by atoms with van der Waals surface area (Å²) in [5, 5.41) is 11.8. The maximum Gasteiger partial charge on any atom is 0.234 e. The number of nitrogens with zero attached hydrogens (tertiary/aromatic N) is 1. The van der Waals surface area contributed by atoms with Gasteiger partial charge in [-0.15, -0.1) is 0 Å². The van der Waals surface area contributed by atoms with Crippen molar-refractivity contribution in [2.45, 2.75) is 26.0 Å². The highest BCUT2D eigenvalue weighted by atomic mass is 16.5. The predicted octanol–water partition coefficient (Wildman–Crippen LogP) is -0.796. The van der Waals surface area contributed by atoms with Gasteiger partial charge in [0, 0.05) is 19.1 Å². The van der Waals surface area contributed by atoms with Crippen LogP contribution in [0.15, 0.2) is 0 Å². The molecule has 2 N–H and O–H groups in total. The Balaban J connectivity index is 2.28. The first-order valence-corrected chi connectivity index (χ1v) is 5.36. The molecule has 1 amide bonds. The van der Waals surface area contributed by atoms with Crippen LogP contribution in [0.25, 0.3) is 0 Å². The second kappa shape index (κ2) is 6.05. The first-order valence-electron chi connectivity index (χ1n) is 5.36. The molecule has 0 aromatic carbocycles. The van der Waals surface area contributed by atoms with Gasteiger partial charge in [-0.25, -0.2) is 0 Å². The van der Waals surface area contributed by atoms with E-state index in [0.717, 1.165) is 6.54 Å². The molecule has 0 bridgehead atoms. The zero-order chi connectivity index (χ0) is 11.3. The van der Waals surface area contributed by atoms with Crippen molar-refractivity contribution in [3.05, 3.63) is 0 Å². The highest BCUT2D eigenvalue weighted by molar-refractivity contribution is 5.78. The van der Waals surface area contributed by atoms with E-state index < -0.39 is 0 Å². The molecule has 1 unspecified atom stereocenters. The lowest BCUT2D eigenvalue weighted by molar-refractivity contribution is -0.125. The molecule has 0 aliphatic carbocycles. The molecule has 1 rings (SSSR count). The SMILES string of the molecule is CC(C)NC(=O)CN1CCOC(CO)C1. The molecule has 0 radical (unpaired) electrons. The van der Waals surface area contributed by atoms with Gasteiger partial charge in [-0.3, -0.25) is 9.69 Å². The van der Waals surface area contributed by atoms with Gasteiger partial charge in [0.1, 0.15) is 0 Å². The van der Waals surface area contributed by atoms with Crippen LogP contribution in [0.1, 0.15) is 13.8 Å². The lowest BCUT2D eigenvalue weighted by Crippen LogP contribution is -2.48. The molecule has 1 fully saturated rings. The number of aliphatic hydroxyl groups is 1. The van der Waals surface area contributed by atoms with Crippen LogP contribution in [-0.2, 0) is 9.53 Å². The average molecular weight is 216 g/mol. The third-order valence-electron chi connectivity index (χ3n) is 2.24. The number of carbonyl (C=O) groups excluding carboxylic acids is 1. The van der Waals surface area contributed by atoms with Gasteiger partial charge in [-0.05, 0) is 13.8 Å². The highest BCUT2D eigenvalue weighted by Crippen LogP contribution is 2.03. The van der Waals surface area contributed by atoms with E-state index in [1.54, 1.807) is 0 Å². The summed E-state index contributed by atoms with van der Waals surface area (Å²) >= 11 is 0. The van der Waals surface area contributed by atoms with Gasteiger partial charge < -0.3 is 15.2 Å². The fourth-order valence-corrected chi connectivity index (χ4v) is 1.61. The second-order valence-corrected chi connectivity index (χ2v) is 4.13. The van der Waals surface area contributed by atoms with Crippen LogP contribution >= 0.6 is 0 Å². The number of amides is 1. The zero-order valence-corrected chi connectivity index (χ0v) is 9.40. The normalized spacial score (nSPS) is 23.1. The van der Waals surface area contributed by atoms with Crippen LogP contribution in [0, 0.1) is 0 Å². The average Bonchev–Trinajstić information content (AvgIpc) is 2.16. The van der Waals surface area contributed by atoms with Gasteiger partial charge >= 0.3 is 0 Å². The molecule has 1 atom stereocenters. The Hall–Kier alpha value is -0.650. The Morgan fingerprint density at radius 2 is 2.40 bits per heavy atom. The molecule has 0 aromatic heterocycles. The van der Waals surface area contributed by atoms with Gasteiger partial charge in [-0.2, -0.15) is 0 Å². The number of ether oxygens (including phenoxy) is 1. The topological polar surface area (TPSA) is 61.8 Å². The van der Waals surface area contributed by atoms with Crippen LogP contribution in [-0.4, -0.2) is 60.9 Å². The van der Waals surface area contributed by atoms with Gasteiger partial charge in [0.25, 0.3) is 0 Å². The van der Waals surface area contributed by atoms with Gasteiger partial charge in [0.15, 0.2) is 0 Å². The number of carbonyl (C=O) groups is 1. The Morgan fingerprint density at radius 1 is 1.67 bits per heavy atom. The fourth-order valence-electron chi connectivity index (χ4n) is 1.61. The number of hydrogen-bond donors (Lipinski definition) is 2. The van der Waals surface area contributed by atoms with E-state index in [1.807, 2.05) is 18.7 Å². The Morgan fingerprint density at radius 3 is 3.00 bits per heavy atom. The molecular weight excluding hydrogens is 196 g/mol. The van der Waals surface area contributed by atoms with Crippen molar-refractivity contribution in [2.24, 2.45) is 0 Å². The molecular formula is C10H20N2O3. The van der Waals surface area contributed by atoms with Gasteiger partial charge in [0.05, 0.1) is 25.9 Å².